The van der Waals surface area contributed by atoms with Gasteiger partial charge in [-0.15, -0.1) is 0 Å². The number of rotatable bonds is 6. The molecule has 0 unspecified atom stereocenters. The largest absolute Gasteiger partial charge is 0.456 e. The molecule has 3 nitrogen and oxygen atoms in total. The summed E-state index contributed by atoms with van der Waals surface area (Å²) in [6, 6.07) is 69.2. The van der Waals surface area contributed by atoms with Crippen molar-refractivity contribution in [2.24, 2.45) is 0 Å². The highest BCUT2D eigenvalue weighted by atomic mass is 16.3. The number of furan rings is 1. The Kier molecular flexibility index (Phi) is 6.81. The molecule has 0 aliphatic rings. The Morgan fingerprint density at radius 3 is 1.65 bits per heavy atom. The molecule has 10 aromatic rings. The molecule has 0 N–H and O–H groups in total. The molecule has 2 aromatic heterocycles. The van der Waals surface area contributed by atoms with E-state index in [-0.39, 0.29) is 0 Å². The first-order valence-corrected chi connectivity index (χ1v) is 17.3. The van der Waals surface area contributed by atoms with Gasteiger partial charge in [-0.25, -0.2) is 0 Å². The second-order valence-electron chi connectivity index (χ2n) is 13.0. The molecule has 10 rings (SSSR count). The van der Waals surface area contributed by atoms with Gasteiger partial charge in [0.15, 0.2) is 0 Å². The SMILES string of the molecule is c1ccc(-c2ccc(N(c3cccc(-c4cccc(-n5c6ccccc6c6ccccc65)c4)c3)c3ccc4c(c3)oc3ccccc34)cc2)cc1. The normalized spacial score (nSPS) is 11.5. The first-order chi connectivity index (χ1) is 25.3. The van der Waals surface area contributed by atoms with E-state index in [4.69, 9.17) is 4.42 Å². The molecule has 0 fully saturated rings. The first kappa shape index (κ1) is 29.1. The highest BCUT2D eigenvalue weighted by Gasteiger charge is 2.17. The van der Waals surface area contributed by atoms with E-state index >= 15 is 0 Å². The molecule has 0 amide bonds. The Balaban J connectivity index is 1.10. The minimum atomic E-state index is 0.870. The summed E-state index contributed by atoms with van der Waals surface area (Å²) < 4.78 is 8.74. The highest BCUT2D eigenvalue weighted by Crippen LogP contribution is 2.41. The number of para-hydroxylation sites is 3. The zero-order chi connectivity index (χ0) is 33.7. The summed E-state index contributed by atoms with van der Waals surface area (Å²) in [6.07, 6.45) is 0. The van der Waals surface area contributed by atoms with Gasteiger partial charge in [-0.3, -0.25) is 0 Å². The Morgan fingerprint density at radius 2 is 0.882 bits per heavy atom. The zero-order valence-electron chi connectivity index (χ0n) is 27.8. The van der Waals surface area contributed by atoms with Crippen LogP contribution in [0.15, 0.2) is 199 Å². The third kappa shape index (κ3) is 4.98. The van der Waals surface area contributed by atoms with Crippen molar-refractivity contribution in [3.63, 3.8) is 0 Å². The Hall–Kier alpha value is -6.84. The lowest BCUT2D eigenvalue weighted by Crippen LogP contribution is -2.10. The zero-order valence-corrected chi connectivity index (χ0v) is 27.8. The third-order valence-corrected chi connectivity index (χ3v) is 9.98. The standard InChI is InChI=1S/C48H32N2O/c1-2-12-33(13-3-1)34-24-26-37(27-25-34)49(40-28-29-44-43-20-6-9-23-47(43)51-48(44)32-40)38-16-10-14-35(30-38)36-15-11-17-39(31-36)50-45-21-7-4-18-41(45)42-19-5-8-22-46(42)50/h1-32H. The van der Waals surface area contributed by atoms with Crippen molar-refractivity contribution >= 4 is 60.8 Å². The van der Waals surface area contributed by atoms with Gasteiger partial charge in [-0.2, -0.15) is 0 Å². The molecule has 0 saturated heterocycles. The Labute approximate surface area is 295 Å². The summed E-state index contributed by atoms with van der Waals surface area (Å²) in [4.78, 5) is 2.32. The van der Waals surface area contributed by atoms with Crippen LogP contribution in [0.5, 0.6) is 0 Å². The van der Waals surface area contributed by atoms with Gasteiger partial charge in [0.2, 0.25) is 0 Å². The lowest BCUT2D eigenvalue weighted by molar-refractivity contribution is 0.669. The van der Waals surface area contributed by atoms with Crippen LogP contribution in [-0.2, 0) is 0 Å². The smallest absolute Gasteiger partial charge is 0.137 e. The van der Waals surface area contributed by atoms with E-state index in [0.717, 1.165) is 55.8 Å². The topological polar surface area (TPSA) is 21.3 Å². The van der Waals surface area contributed by atoms with E-state index in [1.165, 1.54) is 32.9 Å². The number of anilines is 3. The van der Waals surface area contributed by atoms with E-state index in [1.807, 2.05) is 12.1 Å². The first-order valence-electron chi connectivity index (χ1n) is 17.3. The predicted octanol–water partition coefficient (Wildman–Crippen LogP) is 13.5. The second-order valence-corrected chi connectivity index (χ2v) is 13.0. The second kappa shape index (κ2) is 11.9. The average molecular weight is 653 g/mol. The van der Waals surface area contributed by atoms with Crippen LogP contribution < -0.4 is 4.90 Å². The lowest BCUT2D eigenvalue weighted by Gasteiger charge is -2.26. The molecule has 0 saturated carbocycles. The van der Waals surface area contributed by atoms with Gasteiger partial charge < -0.3 is 13.9 Å². The van der Waals surface area contributed by atoms with Crippen LogP contribution in [0.3, 0.4) is 0 Å². The van der Waals surface area contributed by atoms with Crippen LogP contribution in [0.25, 0.3) is 71.7 Å². The maximum absolute atomic E-state index is 6.37. The van der Waals surface area contributed by atoms with Crippen LogP contribution in [0.2, 0.25) is 0 Å². The van der Waals surface area contributed by atoms with E-state index in [0.29, 0.717) is 0 Å². The molecule has 0 radical (unpaired) electrons. The highest BCUT2D eigenvalue weighted by molar-refractivity contribution is 6.09. The fraction of sp³-hybridized carbons (Fsp3) is 0. The van der Waals surface area contributed by atoms with Gasteiger partial charge in [0.05, 0.1) is 11.0 Å². The van der Waals surface area contributed by atoms with E-state index < -0.39 is 0 Å². The molecule has 8 aromatic carbocycles. The molecule has 0 aliphatic heterocycles. The third-order valence-electron chi connectivity index (χ3n) is 9.98. The average Bonchev–Trinajstić information content (AvgIpc) is 3.74. The summed E-state index contributed by atoms with van der Waals surface area (Å²) >= 11 is 0. The van der Waals surface area contributed by atoms with Gasteiger partial charge in [-0.1, -0.05) is 121 Å². The Bertz CT molecular complexity index is 2810. The van der Waals surface area contributed by atoms with Gasteiger partial charge in [0.25, 0.3) is 0 Å². The van der Waals surface area contributed by atoms with Crippen LogP contribution >= 0.6 is 0 Å². The monoisotopic (exact) mass is 652 g/mol. The number of nitrogens with zero attached hydrogens (tertiary/aromatic N) is 2. The number of benzene rings is 8. The van der Waals surface area contributed by atoms with Crippen molar-refractivity contribution < 1.29 is 4.42 Å². The fourth-order valence-electron chi connectivity index (χ4n) is 7.58. The lowest BCUT2D eigenvalue weighted by atomic mass is 10.0. The van der Waals surface area contributed by atoms with Crippen molar-refractivity contribution in [1.82, 2.24) is 4.57 Å². The van der Waals surface area contributed by atoms with Crippen molar-refractivity contribution in [2.75, 3.05) is 4.90 Å². The van der Waals surface area contributed by atoms with Crippen molar-refractivity contribution in [3.05, 3.63) is 194 Å². The van der Waals surface area contributed by atoms with Crippen LogP contribution in [0.1, 0.15) is 0 Å². The van der Waals surface area contributed by atoms with Crippen molar-refractivity contribution in [3.8, 4) is 27.9 Å². The van der Waals surface area contributed by atoms with E-state index in [2.05, 4.69) is 191 Å². The van der Waals surface area contributed by atoms with Crippen LogP contribution in [-0.4, -0.2) is 4.57 Å². The van der Waals surface area contributed by atoms with Crippen molar-refractivity contribution in [2.45, 2.75) is 0 Å². The molecule has 0 bridgehead atoms. The summed E-state index contributed by atoms with van der Waals surface area (Å²) in [6.45, 7) is 0. The minimum absolute atomic E-state index is 0.870. The maximum atomic E-state index is 6.37. The van der Waals surface area contributed by atoms with Crippen LogP contribution in [0.4, 0.5) is 17.1 Å². The quantitative estimate of drug-likeness (QED) is 0.178. The predicted molar refractivity (Wildman–Crippen MR) is 214 cm³/mol. The molecule has 51 heavy (non-hydrogen) atoms. The van der Waals surface area contributed by atoms with Gasteiger partial charge in [0.1, 0.15) is 11.2 Å². The fourth-order valence-corrected chi connectivity index (χ4v) is 7.58. The van der Waals surface area contributed by atoms with E-state index in [1.54, 1.807) is 0 Å². The molecular formula is C48H32N2O. The molecule has 2 heterocycles. The maximum Gasteiger partial charge on any atom is 0.137 e. The number of fused-ring (bicyclic) bond motifs is 6. The number of hydrogen-bond donors (Lipinski definition) is 0. The van der Waals surface area contributed by atoms with Gasteiger partial charge >= 0.3 is 0 Å². The molecule has 0 aliphatic carbocycles. The molecule has 0 atom stereocenters. The number of aromatic nitrogens is 1. The Morgan fingerprint density at radius 1 is 0.333 bits per heavy atom. The van der Waals surface area contributed by atoms with Crippen molar-refractivity contribution in [1.29, 1.82) is 0 Å². The molecule has 0 spiro atoms. The summed E-state index contributed by atoms with van der Waals surface area (Å²) in [5, 5.41) is 4.76. The molecular weight excluding hydrogens is 621 g/mol. The molecule has 3 heteroatoms. The van der Waals surface area contributed by atoms with E-state index in [9.17, 15) is 0 Å². The summed E-state index contributed by atoms with van der Waals surface area (Å²) in [5.74, 6) is 0. The summed E-state index contributed by atoms with van der Waals surface area (Å²) in [5.41, 5.74) is 13.2. The minimum Gasteiger partial charge on any atom is -0.456 e. The molecule has 240 valence electrons. The number of hydrogen-bond acceptors (Lipinski definition) is 2. The summed E-state index contributed by atoms with van der Waals surface area (Å²) in [7, 11) is 0. The van der Waals surface area contributed by atoms with Crippen LogP contribution in [0, 0.1) is 0 Å². The van der Waals surface area contributed by atoms with Gasteiger partial charge in [-0.05, 0) is 89.0 Å². The van der Waals surface area contributed by atoms with Gasteiger partial charge in [0, 0.05) is 50.4 Å².